The van der Waals surface area contributed by atoms with Gasteiger partial charge in [0, 0.05) is 19.2 Å². The van der Waals surface area contributed by atoms with Crippen LogP contribution in [0.3, 0.4) is 0 Å². The number of hydrogen-bond acceptors (Lipinski definition) is 3. The minimum Gasteiger partial charge on any atom is -0.397 e. The molecule has 2 aliphatic heterocycles. The lowest BCUT2D eigenvalue weighted by Crippen LogP contribution is -2.47. The van der Waals surface area contributed by atoms with Crippen molar-refractivity contribution in [1.82, 2.24) is 0 Å². The Morgan fingerprint density at radius 3 is 2.95 bits per heavy atom. The van der Waals surface area contributed by atoms with E-state index in [1.54, 1.807) is 0 Å². The molecule has 20 heavy (non-hydrogen) atoms. The van der Waals surface area contributed by atoms with E-state index < -0.39 is 0 Å². The second kappa shape index (κ2) is 4.66. The molecule has 1 saturated carbocycles. The van der Waals surface area contributed by atoms with Crippen molar-refractivity contribution >= 4 is 11.4 Å². The summed E-state index contributed by atoms with van der Waals surface area (Å²) >= 11 is 0. The Kier molecular flexibility index (Phi) is 2.92. The second-order valence-electron chi connectivity index (χ2n) is 6.68. The summed E-state index contributed by atoms with van der Waals surface area (Å²) in [5, 5.41) is 0. The molecule has 1 aromatic carbocycles. The molecule has 3 aliphatic rings. The summed E-state index contributed by atoms with van der Waals surface area (Å²) in [6, 6.07) is 6.98. The lowest BCUT2D eigenvalue weighted by atomic mass is 9.88. The van der Waals surface area contributed by atoms with Gasteiger partial charge >= 0.3 is 0 Å². The van der Waals surface area contributed by atoms with E-state index in [1.807, 2.05) is 6.07 Å². The van der Waals surface area contributed by atoms with E-state index in [9.17, 15) is 0 Å². The number of fused-ring (bicyclic) bond motifs is 1. The molecule has 0 radical (unpaired) electrons. The topological polar surface area (TPSA) is 38.5 Å². The molecule has 1 aromatic rings. The largest absolute Gasteiger partial charge is 0.397 e. The van der Waals surface area contributed by atoms with Crippen LogP contribution >= 0.6 is 0 Å². The van der Waals surface area contributed by atoms with Crippen LogP contribution in [0.1, 0.15) is 44.1 Å². The smallest absolute Gasteiger partial charge is 0.0702 e. The first-order valence-electron chi connectivity index (χ1n) is 8.05. The van der Waals surface area contributed by atoms with Crippen LogP contribution in [0.5, 0.6) is 0 Å². The van der Waals surface area contributed by atoms with Gasteiger partial charge in [0.15, 0.2) is 0 Å². The van der Waals surface area contributed by atoms with Crippen molar-refractivity contribution < 1.29 is 4.74 Å². The third-order valence-corrected chi connectivity index (χ3v) is 5.48. The third-order valence-electron chi connectivity index (χ3n) is 5.48. The summed E-state index contributed by atoms with van der Waals surface area (Å²) in [4.78, 5) is 2.58. The average molecular weight is 272 g/mol. The monoisotopic (exact) mass is 272 g/mol. The number of para-hydroxylation sites is 1. The molecule has 0 aromatic heterocycles. The summed E-state index contributed by atoms with van der Waals surface area (Å²) in [5.41, 5.74) is 10.1. The molecule has 3 heteroatoms. The van der Waals surface area contributed by atoms with Crippen molar-refractivity contribution in [3.05, 3.63) is 23.8 Å². The quantitative estimate of drug-likeness (QED) is 0.798. The second-order valence-corrected chi connectivity index (χ2v) is 6.68. The SMILES string of the molecule is Nc1cccc2c1N(C1CCOC3(CCCC3)C1)CC2. The molecule has 0 bridgehead atoms. The molecule has 2 N–H and O–H groups in total. The molecule has 4 rings (SSSR count). The van der Waals surface area contributed by atoms with Gasteiger partial charge in [-0.1, -0.05) is 25.0 Å². The van der Waals surface area contributed by atoms with Crippen LogP contribution in [0.4, 0.5) is 11.4 Å². The maximum Gasteiger partial charge on any atom is 0.0702 e. The number of anilines is 2. The van der Waals surface area contributed by atoms with Crippen molar-refractivity contribution in [2.75, 3.05) is 23.8 Å². The van der Waals surface area contributed by atoms with Gasteiger partial charge in [-0.15, -0.1) is 0 Å². The van der Waals surface area contributed by atoms with Crippen molar-refractivity contribution in [3.63, 3.8) is 0 Å². The van der Waals surface area contributed by atoms with Gasteiger partial charge in [0.25, 0.3) is 0 Å². The Morgan fingerprint density at radius 1 is 1.25 bits per heavy atom. The first-order chi connectivity index (χ1) is 9.77. The molecule has 2 heterocycles. The first-order valence-corrected chi connectivity index (χ1v) is 8.05. The molecule has 0 amide bonds. The molecule has 3 nitrogen and oxygen atoms in total. The van der Waals surface area contributed by atoms with Gasteiger partial charge in [-0.3, -0.25) is 0 Å². The molecule has 1 spiro atoms. The standard InChI is InChI=1S/C17H24N2O/c18-15-5-3-4-13-6-10-19(16(13)15)14-7-11-20-17(12-14)8-1-2-9-17/h3-5,14H,1-2,6-12,18H2. The summed E-state index contributed by atoms with van der Waals surface area (Å²) in [7, 11) is 0. The van der Waals surface area contributed by atoms with E-state index in [0.29, 0.717) is 6.04 Å². The highest BCUT2D eigenvalue weighted by Gasteiger charge is 2.42. The molecule has 1 atom stereocenters. The van der Waals surface area contributed by atoms with E-state index in [-0.39, 0.29) is 5.60 Å². The van der Waals surface area contributed by atoms with E-state index in [2.05, 4.69) is 17.0 Å². The van der Waals surface area contributed by atoms with Gasteiger partial charge in [0.2, 0.25) is 0 Å². The number of nitrogen functional groups attached to an aromatic ring is 1. The van der Waals surface area contributed by atoms with Gasteiger partial charge in [0.05, 0.1) is 17.0 Å². The van der Waals surface area contributed by atoms with Gasteiger partial charge in [-0.05, 0) is 43.7 Å². The average Bonchev–Trinajstić information content (AvgIpc) is 3.07. The van der Waals surface area contributed by atoms with Crippen LogP contribution in [-0.2, 0) is 11.2 Å². The fourth-order valence-electron chi connectivity index (χ4n) is 4.52. The predicted molar refractivity (Wildman–Crippen MR) is 82.1 cm³/mol. The summed E-state index contributed by atoms with van der Waals surface area (Å²) in [6.07, 6.45) is 8.68. The van der Waals surface area contributed by atoms with Crippen molar-refractivity contribution in [2.24, 2.45) is 0 Å². The lowest BCUT2D eigenvalue weighted by molar-refractivity contribution is -0.0798. The Morgan fingerprint density at radius 2 is 2.10 bits per heavy atom. The zero-order valence-electron chi connectivity index (χ0n) is 12.1. The summed E-state index contributed by atoms with van der Waals surface area (Å²) < 4.78 is 6.18. The fourth-order valence-corrected chi connectivity index (χ4v) is 4.52. The van der Waals surface area contributed by atoms with Crippen LogP contribution in [0.2, 0.25) is 0 Å². The minimum atomic E-state index is 0.190. The van der Waals surface area contributed by atoms with Gasteiger partial charge in [-0.25, -0.2) is 0 Å². The number of benzene rings is 1. The zero-order valence-corrected chi connectivity index (χ0v) is 12.1. The maximum absolute atomic E-state index is 6.24. The molecular formula is C17H24N2O. The van der Waals surface area contributed by atoms with Crippen molar-refractivity contribution in [3.8, 4) is 0 Å². The first kappa shape index (κ1) is 12.5. The van der Waals surface area contributed by atoms with Gasteiger partial charge in [0.1, 0.15) is 0 Å². The Hall–Kier alpha value is -1.22. The van der Waals surface area contributed by atoms with Crippen molar-refractivity contribution in [1.29, 1.82) is 0 Å². The number of ether oxygens (including phenoxy) is 1. The number of rotatable bonds is 1. The van der Waals surface area contributed by atoms with E-state index in [0.717, 1.165) is 31.7 Å². The lowest BCUT2D eigenvalue weighted by Gasteiger charge is -2.43. The maximum atomic E-state index is 6.24. The van der Waals surface area contributed by atoms with E-state index in [4.69, 9.17) is 10.5 Å². The van der Waals surface area contributed by atoms with Crippen LogP contribution in [0.15, 0.2) is 18.2 Å². The Labute approximate surface area is 121 Å². The van der Waals surface area contributed by atoms with Gasteiger partial charge in [-0.2, -0.15) is 0 Å². The van der Waals surface area contributed by atoms with Crippen LogP contribution in [0, 0.1) is 0 Å². The fraction of sp³-hybridized carbons (Fsp3) is 0.647. The molecule has 1 unspecified atom stereocenters. The van der Waals surface area contributed by atoms with E-state index in [1.165, 1.54) is 43.4 Å². The molecule has 108 valence electrons. The van der Waals surface area contributed by atoms with E-state index >= 15 is 0 Å². The van der Waals surface area contributed by atoms with Crippen LogP contribution in [0.25, 0.3) is 0 Å². The number of hydrogen-bond donors (Lipinski definition) is 1. The number of nitrogens with two attached hydrogens (primary N) is 1. The molecular weight excluding hydrogens is 248 g/mol. The highest BCUT2D eigenvalue weighted by molar-refractivity contribution is 5.74. The number of nitrogens with zero attached hydrogens (tertiary/aromatic N) is 1. The van der Waals surface area contributed by atoms with Gasteiger partial charge < -0.3 is 15.4 Å². The third kappa shape index (κ3) is 1.91. The highest BCUT2D eigenvalue weighted by atomic mass is 16.5. The van der Waals surface area contributed by atoms with Crippen LogP contribution in [-0.4, -0.2) is 24.8 Å². The highest BCUT2D eigenvalue weighted by Crippen LogP contribution is 2.44. The Balaban J connectivity index is 1.60. The Bertz CT molecular complexity index is 508. The summed E-state index contributed by atoms with van der Waals surface area (Å²) in [5.74, 6) is 0. The summed E-state index contributed by atoms with van der Waals surface area (Å²) in [6.45, 7) is 2.05. The van der Waals surface area contributed by atoms with Crippen LogP contribution < -0.4 is 10.6 Å². The minimum absolute atomic E-state index is 0.190. The molecule has 1 aliphatic carbocycles. The predicted octanol–water partition coefficient (Wildman–Crippen LogP) is 3.12. The normalized spacial score (nSPS) is 28.0. The molecule has 2 fully saturated rings. The zero-order chi connectivity index (χ0) is 13.6. The van der Waals surface area contributed by atoms with Crippen molar-refractivity contribution in [2.45, 2.75) is 56.6 Å². The molecule has 1 saturated heterocycles.